The first-order valence-corrected chi connectivity index (χ1v) is 9.39. The molecule has 1 saturated heterocycles. The minimum atomic E-state index is -0.124. The van der Waals surface area contributed by atoms with Gasteiger partial charge in [-0.3, -0.25) is 9.78 Å². The van der Waals surface area contributed by atoms with Gasteiger partial charge < -0.3 is 10.2 Å². The number of carbonyl (C=O) groups is 1. The summed E-state index contributed by atoms with van der Waals surface area (Å²) < 4.78 is 1.63. The third-order valence-electron chi connectivity index (χ3n) is 4.80. The number of aromatic nitrogens is 5. The second-order valence-electron chi connectivity index (χ2n) is 6.74. The minimum Gasteiger partial charge on any atom is -0.356 e. The maximum Gasteiger partial charge on any atom is 0.242 e. The zero-order chi connectivity index (χ0) is 18.5. The molecule has 0 unspecified atom stereocenters. The molecule has 1 amide bonds. The van der Waals surface area contributed by atoms with Gasteiger partial charge in [0.15, 0.2) is 5.65 Å². The Labute approximate surface area is 157 Å². The lowest BCUT2D eigenvalue weighted by molar-refractivity contribution is -0.121. The van der Waals surface area contributed by atoms with Crippen molar-refractivity contribution < 1.29 is 4.79 Å². The van der Waals surface area contributed by atoms with Gasteiger partial charge in [-0.1, -0.05) is 18.9 Å². The fourth-order valence-corrected chi connectivity index (χ4v) is 3.41. The van der Waals surface area contributed by atoms with Crippen LogP contribution < -0.4 is 10.2 Å². The zero-order valence-electron chi connectivity index (χ0n) is 15.2. The van der Waals surface area contributed by atoms with Gasteiger partial charge >= 0.3 is 0 Å². The topological polar surface area (TPSA) is 88.8 Å². The van der Waals surface area contributed by atoms with Gasteiger partial charge in [-0.05, 0) is 25.0 Å². The third kappa shape index (κ3) is 4.05. The Bertz CT molecular complexity index is 901. The van der Waals surface area contributed by atoms with Gasteiger partial charge in [0.25, 0.3) is 0 Å². The van der Waals surface area contributed by atoms with Crippen LogP contribution in [-0.4, -0.2) is 43.7 Å². The number of nitrogens with one attached hydrogen (secondary N) is 1. The number of amides is 1. The highest BCUT2D eigenvalue weighted by Gasteiger charge is 2.17. The summed E-state index contributed by atoms with van der Waals surface area (Å²) in [5.74, 6) is 0.794. The van der Waals surface area contributed by atoms with Crippen LogP contribution in [0, 0.1) is 0 Å². The summed E-state index contributed by atoms with van der Waals surface area (Å²) in [5.41, 5.74) is 1.51. The van der Waals surface area contributed by atoms with E-state index in [1.807, 2.05) is 18.2 Å². The number of fused-ring (bicyclic) bond motifs is 1. The van der Waals surface area contributed by atoms with Crippen LogP contribution in [-0.2, 0) is 17.9 Å². The van der Waals surface area contributed by atoms with Crippen molar-refractivity contribution in [3.63, 3.8) is 0 Å². The largest absolute Gasteiger partial charge is 0.356 e. The zero-order valence-corrected chi connectivity index (χ0v) is 15.2. The first-order valence-electron chi connectivity index (χ1n) is 9.39. The quantitative estimate of drug-likeness (QED) is 0.743. The second-order valence-corrected chi connectivity index (χ2v) is 6.74. The van der Waals surface area contributed by atoms with E-state index in [-0.39, 0.29) is 12.5 Å². The Morgan fingerprint density at radius 3 is 2.70 bits per heavy atom. The standard InChI is InChI=1S/C19H23N7O/c27-17(21-11-15-7-3-4-8-20-15)13-26-19-16(12-24-26)18(22-14-23-19)25-9-5-1-2-6-10-25/h3-4,7-8,12,14H,1-2,5-6,9-11,13H2,(H,21,27). The molecule has 8 heteroatoms. The molecule has 0 aromatic carbocycles. The summed E-state index contributed by atoms with van der Waals surface area (Å²) in [5, 5.41) is 8.15. The SMILES string of the molecule is O=C(Cn1ncc2c(N3CCCCCC3)ncnc21)NCc1ccccn1. The highest BCUT2D eigenvalue weighted by Crippen LogP contribution is 2.25. The molecular weight excluding hydrogens is 342 g/mol. The molecule has 0 saturated carbocycles. The van der Waals surface area contributed by atoms with E-state index in [2.05, 4.69) is 30.3 Å². The van der Waals surface area contributed by atoms with E-state index >= 15 is 0 Å². The van der Waals surface area contributed by atoms with Crippen molar-refractivity contribution in [1.29, 1.82) is 0 Å². The van der Waals surface area contributed by atoms with Crippen LogP contribution in [0.4, 0.5) is 5.82 Å². The molecular formula is C19H23N7O. The Morgan fingerprint density at radius 2 is 1.93 bits per heavy atom. The summed E-state index contributed by atoms with van der Waals surface area (Å²) in [6.07, 6.45) is 9.92. The summed E-state index contributed by atoms with van der Waals surface area (Å²) in [4.78, 5) is 27.7. The predicted octanol–water partition coefficient (Wildman–Crippen LogP) is 1.92. The van der Waals surface area contributed by atoms with Crippen LogP contribution in [0.15, 0.2) is 36.9 Å². The van der Waals surface area contributed by atoms with Crippen molar-refractivity contribution in [2.75, 3.05) is 18.0 Å². The van der Waals surface area contributed by atoms with Gasteiger partial charge in [0.1, 0.15) is 18.7 Å². The first-order chi connectivity index (χ1) is 13.3. The maximum absolute atomic E-state index is 12.3. The summed E-state index contributed by atoms with van der Waals surface area (Å²) in [7, 11) is 0. The highest BCUT2D eigenvalue weighted by atomic mass is 16.2. The van der Waals surface area contributed by atoms with Gasteiger partial charge in [-0.2, -0.15) is 5.10 Å². The van der Waals surface area contributed by atoms with Gasteiger partial charge in [0, 0.05) is 19.3 Å². The average Bonchev–Trinajstić information content (AvgIpc) is 2.92. The number of hydrogen-bond donors (Lipinski definition) is 1. The lowest BCUT2D eigenvalue weighted by Crippen LogP contribution is -2.28. The molecule has 0 spiro atoms. The van der Waals surface area contributed by atoms with E-state index in [1.165, 1.54) is 25.7 Å². The van der Waals surface area contributed by atoms with Crippen molar-refractivity contribution in [1.82, 2.24) is 30.0 Å². The minimum absolute atomic E-state index is 0.118. The van der Waals surface area contributed by atoms with E-state index in [0.717, 1.165) is 30.0 Å². The fourth-order valence-electron chi connectivity index (χ4n) is 3.41. The predicted molar refractivity (Wildman–Crippen MR) is 102 cm³/mol. The van der Waals surface area contributed by atoms with E-state index in [4.69, 9.17) is 0 Å². The van der Waals surface area contributed by atoms with Gasteiger partial charge in [0.2, 0.25) is 5.91 Å². The summed E-state index contributed by atoms with van der Waals surface area (Å²) >= 11 is 0. The number of carbonyl (C=O) groups excluding carboxylic acids is 1. The second kappa shape index (κ2) is 8.11. The van der Waals surface area contributed by atoms with Crippen LogP contribution in [0.3, 0.4) is 0 Å². The third-order valence-corrected chi connectivity index (χ3v) is 4.80. The van der Waals surface area contributed by atoms with E-state index in [0.29, 0.717) is 12.2 Å². The van der Waals surface area contributed by atoms with Crippen molar-refractivity contribution in [3.8, 4) is 0 Å². The highest BCUT2D eigenvalue weighted by molar-refractivity contribution is 5.87. The normalized spacial score (nSPS) is 14.9. The summed E-state index contributed by atoms with van der Waals surface area (Å²) in [6.45, 7) is 2.52. The molecule has 3 aromatic rings. The number of anilines is 1. The molecule has 1 fully saturated rings. The first kappa shape index (κ1) is 17.4. The van der Waals surface area contributed by atoms with Crippen LogP contribution in [0.2, 0.25) is 0 Å². The molecule has 0 atom stereocenters. The molecule has 4 rings (SSSR count). The van der Waals surface area contributed by atoms with Crippen molar-refractivity contribution in [3.05, 3.63) is 42.6 Å². The van der Waals surface area contributed by atoms with Crippen molar-refractivity contribution >= 4 is 22.8 Å². The van der Waals surface area contributed by atoms with E-state index in [9.17, 15) is 4.79 Å². The number of rotatable bonds is 5. The Morgan fingerprint density at radius 1 is 1.07 bits per heavy atom. The molecule has 0 radical (unpaired) electrons. The molecule has 27 heavy (non-hydrogen) atoms. The molecule has 8 nitrogen and oxygen atoms in total. The lowest BCUT2D eigenvalue weighted by atomic mass is 10.2. The Hall–Kier alpha value is -3.03. The van der Waals surface area contributed by atoms with Crippen LogP contribution in [0.5, 0.6) is 0 Å². The Kier molecular flexibility index (Phi) is 5.22. The molecule has 1 aliphatic heterocycles. The number of hydrogen-bond acceptors (Lipinski definition) is 6. The van der Waals surface area contributed by atoms with E-state index in [1.54, 1.807) is 23.4 Å². The van der Waals surface area contributed by atoms with Crippen LogP contribution >= 0.6 is 0 Å². The van der Waals surface area contributed by atoms with Gasteiger partial charge in [-0.25, -0.2) is 14.6 Å². The van der Waals surface area contributed by atoms with Crippen molar-refractivity contribution in [2.45, 2.75) is 38.8 Å². The smallest absolute Gasteiger partial charge is 0.242 e. The molecule has 0 bridgehead atoms. The molecule has 1 N–H and O–H groups in total. The Balaban J connectivity index is 1.48. The monoisotopic (exact) mass is 365 g/mol. The molecule has 3 aromatic heterocycles. The summed E-state index contributed by atoms with van der Waals surface area (Å²) in [6, 6.07) is 5.63. The van der Waals surface area contributed by atoms with Gasteiger partial charge in [0.05, 0.1) is 23.8 Å². The molecule has 4 heterocycles. The molecule has 140 valence electrons. The average molecular weight is 365 g/mol. The number of pyridine rings is 1. The lowest BCUT2D eigenvalue weighted by Gasteiger charge is -2.21. The van der Waals surface area contributed by atoms with Crippen molar-refractivity contribution in [2.24, 2.45) is 0 Å². The van der Waals surface area contributed by atoms with Crippen LogP contribution in [0.1, 0.15) is 31.4 Å². The number of nitrogens with zero attached hydrogens (tertiary/aromatic N) is 6. The molecule has 0 aliphatic carbocycles. The molecule has 1 aliphatic rings. The van der Waals surface area contributed by atoms with Gasteiger partial charge in [-0.15, -0.1) is 0 Å². The van der Waals surface area contributed by atoms with Crippen LogP contribution in [0.25, 0.3) is 11.0 Å². The fraction of sp³-hybridized carbons (Fsp3) is 0.421. The van der Waals surface area contributed by atoms with E-state index < -0.39 is 0 Å². The maximum atomic E-state index is 12.3.